The number of rotatable bonds is 2. The van der Waals surface area contributed by atoms with Crippen LogP contribution in [0.5, 0.6) is 0 Å². The van der Waals surface area contributed by atoms with Crippen molar-refractivity contribution >= 4 is 0 Å². The van der Waals surface area contributed by atoms with Crippen molar-refractivity contribution in [3.63, 3.8) is 0 Å². The largest absolute Gasteiger partial charge is 0.393 e. The zero-order chi connectivity index (χ0) is 9.03. The Morgan fingerprint density at radius 2 is 2.33 bits per heavy atom. The second-order valence-corrected chi connectivity index (χ2v) is 4.07. The molecule has 2 heteroatoms. The molecule has 0 heterocycles. The van der Waals surface area contributed by atoms with Crippen LogP contribution in [0.2, 0.25) is 0 Å². The van der Waals surface area contributed by atoms with Gasteiger partial charge in [0.05, 0.1) is 12.2 Å². The van der Waals surface area contributed by atoms with Crippen LogP contribution in [0.1, 0.15) is 45.4 Å². The lowest BCUT2D eigenvalue weighted by Gasteiger charge is -2.38. The molecule has 2 atom stereocenters. The monoisotopic (exact) mass is 167 g/mol. The van der Waals surface area contributed by atoms with Gasteiger partial charge in [0.15, 0.2) is 0 Å². The zero-order valence-electron chi connectivity index (χ0n) is 7.71. The van der Waals surface area contributed by atoms with Crippen molar-refractivity contribution in [3.8, 4) is 6.07 Å². The van der Waals surface area contributed by atoms with E-state index < -0.39 is 0 Å². The Morgan fingerprint density at radius 1 is 1.58 bits per heavy atom. The summed E-state index contributed by atoms with van der Waals surface area (Å²) in [6.07, 6.45) is 5.60. The van der Waals surface area contributed by atoms with Gasteiger partial charge in [-0.2, -0.15) is 5.26 Å². The minimum absolute atomic E-state index is 0.0218. The third-order valence-corrected chi connectivity index (χ3v) is 3.09. The summed E-state index contributed by atoms with van der Waals surface area (Å²) in [6.45, 7) is 2.11. The van der Waals surface area contributed by atoms with Crippen LogP contribution in [0.15, 0.2) is 0 Å². The number of nitriles is 1. The summed E-state index contributed by atoms with van der Waals surface area (Å²) < 4.78 is 0. The smallest absolute Gasteiger partial charge is 0.0621 e. The molecule has 1 fully saturated rings. The summed E-state index contributed by atoms with van der Waals surface area (Å²) in [4.78, 5) is 0. The molecule has 1 saturated carbocycles. The number of hydrogen-bond acceptors (Lipinski definition) is 2. The van der Waals surface area contributed by atoms with Crippen molar-refractivity contribution in [2.75, 3.05) is 0 Å². The van der Waals surface area contributed by atoms with Crippen LogP contribution < -0.4 is 0 Å². The van der Waals surface area contributed by atoms with E-state index in [2.05, 4.69) is 13.0 Å². The number of aliphatic hydroxyl groups is 1. The van der Waals surface area contributed by atoms with Crippen LogP contribution in [0.25, 0.3) is 0 Å². The van der Waals surface area contributed by atoms with E-state index in [0.717, 1.165) is 25.7 Å². The Bertz CT molecular complexity index is 185. The molecule has 68 valence electrons. The molecule has 2 nitrogen and oxygen atoms in total. The SMILES string of the molecule is C[C@]1(CCC#N)CCCC[C@@H]1O. The summed E-state index contributed by atoms with van der Waals surface area (Å²) in [5.74, 6) is 0. The van der Waals surface area contributed by atoms with Crippen molar-refractivity contribution in [1.29, 1.82) is 5.26 Å². The third kappa shape index (κ3) is 1.98. The van der Waals surface area contributed by atoms with Gasteiger partial charge in [-0.25, -0.2) is 0 Å². The Morgan fingerprint density at radius 3 is 2.92 bits per heavy atom. The minimum atomic E-state index is -0.181. The van der Waals surface area contributed by atoms with Crippen molar-refractivity contribution in [3.05, 3.63) is 0 Å². The van der Waals surface area contributed by atoms with Gasteiger partial charge in [0.25, 0.3) is 0 Å². The highest BCUT2D eigenvalue weighted by molar-refractivity contribution is 4.88. The fourth-order valence-corrected chi connectivity index (χ4v) is 2.01. The quantitative estimate of drug-likeness (QED) is 0.685. The highest BCUT2D eigenvalue weighted by Gasteiger charge is 2.34. The second kappa shape index (κ2) is 3.91. The highest BCUT2D eigenvalue weighted by Crippen LogP contribution is 2.39. The van der Waals surface area contributed by atoms with E-state index in [4.69, 9.17) is 5.26 Å². The fraction of sp³-hybridized carbons (Fsp3) is 0.900. The van der Waals surface area contributed by atoms with Crippen molar-refractivity contribution in [2.45, 2.75) is 51.6 Å². The standard InChI is InChI=1S/C10H17NO/c1-10(7-4-8-11)6-3-2-5-9(10)12/h9,12H,2-7H2,1H3/t9-,10+/m0/s1. The number of hydrogen-bond donors (Lipinski definition) is 1. The molecule has 1 aliphatic carbocycles. The van der Waals surface area contributed by atoms with Crippen LogP contribution in [-0.4, -0.2) is 11.2 Å². The van der Waals surface area contributed by atoms with Crippen molar-refractivity contribution < 1.29 is 5.11 Å². The molecule has 1 aliphatic rings. The first-order chi connectivity index (χ1) is 5.69. The summed E-state index contributed by atoms with van der Waals surface area (Å²) in [5, 5.41) is 18.2. The van der Waals surface area contributed by atoms with Crippen LogP contribution in [-0.2, 0) is 0 Å². The molecule has 0 aliphatic heterocycles. The van der Waals surface area contributed by atoms with Gasteiger partial charge in [-0.15, -0.1) is 0 Å². The van der Waals surface area contributed by atoms with Crippen molar-refractivity contribution in [2.24, 2.45) is 5.41 Å². The Kier molecular flexibility index (Phi) is 3.11. The molecule has 0 aromatic carbocycles. The molecule has 0 unspecified atom stereocenters. The lowest BCUT2D eigenvalue weighted by molar-refractivity contribution is -0.00407. The molecule has 0 bridgehead atoms. The minimum Gasteiger partial charge on any atom is -0.393 e. The lowest BCUT2D eigenvalue weighted by atomic mass is 9.71. The van der Waals surface area contributed by atoms with Gasteiger partial charge >= 0.3 is 0 Å². The van der Waals surface area contributed by atoms with Crippen LogP contribution in [0.3, 0.4) is 0 Å². The molecule has 0 saturated heterocycles. The molecule has 0 aromatic rings. The van der Waals surface area contributed by atoms with Gasteiger partial charge in [0, 0.05) is 6.42 Å². The summed E-state index contributed by atoms with van der Waals surface area (Å²) in [5.41, 5.74) is 0.0218. The van der Waals surface area contributed by atoms with Crippen molar-refractivity contribution in [1.82, 2.24) is 0 Å². The van der Waals surface area contributed by atoms with E-state index in [1.54, 1.807) is 0 Å². The molecule has 1 N–H and O–H groups in total. The Balaban J connectivity index is 2.48. The normalized spacial score (nSPS) is 35.9. The van der Waals surface area contributed by atoms with E-state index in [9.17, 15) is 5.11 Å². The third-order valence-electron chi connectivity index (χ3n) is 3.09. The van der Waals surface area contributed by atoms with E-state index >= 15 is 0 Å². The highest BCUT2D eigenvalue weighted by atomic mass is 16.3. The van der Waals surface area contributed by atoms with E-state index in [1.807, 2.05) is 0 Å². The van der Waals surface area contributed by atoms with E-state index in [-0.39, 0.29) is 11.5 Å². The Hall–Kier alpha value is -0.550. The zero-order valence-corrected chi connectivity index (χ0v) is 7.71. The molecular weight excluding hydrogens is 150 g/mol. The molecule has 1 rings (SSSR count). The Labute approximate surface area is 74.2 Å². The molecule has 0 aromatic heterocycles. The van der Waals surface area contributed by atoms with Crippen LogP contribution >= 0.6 is 0 Å². The predicted molar refractivity (Wildman–Crippen MR) is 47.4 cm³/mol. The first-order valence-electron chi connectivity index (χ1n) is 4.74. The summed E-state index contributed by atoms with van der Waals surface area (Å²) in [6, 6.07) is 2.15. The van der Waals surface area contributed by atoms with Crippen LogP contribution in [0, 0.1) is 16.7 Å². The fourth-order valence-electron chi connectivity index (χ4n) is 2.01. The maximum Gasteiger partial charge on any atom is 0.0621 e. The van der Waals surface area contributed by atoms with Gasteiger partial charge in [-0.05, 0) is 24.7 Å². The van der Waals surface area contributed by atoms with Gasteiger partial charge < -0.3 is 5.11 Å². The average Bonchev–Trinajstić information content (AvgIpc) is 2.07. The molecular formula is C10H17NO. The summed E-state index contributed by atoms with van der Waals surface area (Å²) >= 11 is 0. The molecule has 0 spiro atoms. The van der Waals surface area contributed by atoms with Crippen LogP contribution in [0.4, 0.5) is 0 Å². The summed E-state index contributed by atoms with van der Waals surface area (Å²) in [7, 11) is 0. The van der Waals surface area contributed by atoms with Gasteiger partial charge in [0.1, 0.15) is 0 Å². The van der Waals surface area contributed by atoms with Gasteiger partial charge in [0.2, 0.25) is 0 Å². The predicted octanol–water partition coefficient (Wildman–Crippen LogP) is 2.23. The van der Waals surface area contributed by atoms with Gasteiger partial charge in [-0.3, -0.25) is 0 Å². The number of nitrogens with zero attached hydrogens (tertiary/aromatic N) is 1. The first kappa shape index (κ1) is 9.54. The maximum atomic E-state index is 9.75. The lowest BCUT2D eigenvalue weighted by Crippen LogP contribution is -2.35. The first-order valence-corrected chi connectivity index (χ1v) is 4.74. The van der Waals surface area contributed by atoms with E-state index in [0.29, 0.717) is 6.42 Å². The molecule has 0 amide bonds. The average molecular weight is 167 g/mol. The topological polar surface area (TPSA) is 44.0 Å². The molecule has 0 radical (unpaired) electrons. The van der Waals surface area contributed by atoms with E-state index in [1.165, 1.54) is 6.42 Å². The van der Waals surface area contributed by atoms with Gasteiger partial charge in [-0.1, -0.05) is 19.8 Å². The maximum absolute atomic E-state index is 9.75. The second-order valence-electron chi connectivity index (χ2n) is 4.07. The number of aliphatic hydroxyl groups excluding tert-OH is 1. The molecule has 12 heavy (non-hydrogen) atoms.